The molecule has 0 spiro atoms. The fraction of sp³-hybridized carbons (Fsp3) is 0.364. The van der Waals surface area contributed by atoms with Crippen molar-refractivity contribution in [3.63, 3.8) is 0 Å². The van der Waals surface area contributed by atoms with Crippen LogP contribution in [0.2, 0.25) is 0 Å². The van der Waals surface area contributed by atoms with Gasteiger partial charge >= 0.3 is 5.97 Å². The van der Waals surface area contributed by atoms with Crippen molar-refractivity contribution in [1.29, 1.82) is 0 Å². The van der Waals surface area contributed by atoms with Crippen LogP contribution in [-0.4, -0.2) is 37.9 Å². The Balaban J connectivity index is 1.78. The van der Waals surface area contributed by atoms with Crippen molar-refractivity contribution in [1.82, 2.24) is 0 Å². The smallest absolute Gasteiger partial charge is 0.338 e. The molecule has 30 heavy (non-hydrogen) atoms. The first-order valence-electron chi connectivity index (χ1n) is 9.73. The highest BCUT2D eigenvalue weighted by molar-refractivity contribution is 7.17. The molecule has 0 amide bonds. The summed E-state index contributed by atoms with van der Waals surface area (Å²) in [5.41, 5.74) is 8.06. The van der Waals surface area contributed by atoms with Crippen molar-refractivity contribution in [2.24, 2.45) is 0 Å². The molecular weight excluding hydrogens is 404 g/mol. The summed E-state index contributed by atoms with van der Waals surface area (Å²) in [7, 11) is 0. The van der Waals surface area contributed by atoms with Gasteiger partial charge in [-0.05, 0) is 44.5 Å². The molecule has 0 aliphatic carbocycles. The first kappa shape index (κ1) is 20.4. The maximum absolute atomic E-state index is 12.7. The predicted octanol–water partition coefficient (Wildman–Crippen LogP) is 3.90. The summed E-state index contributed by atoms with van der Waals surface area (Å²) >= 11 is 1.31. The van der Waals surface area contributed by atoms with Gasteiger partial charge in [-0.1, -0.05) is 0 Å². The van der Waals surface area contributed by atoms with Gasteiger partial charge < -0.3 is 24.5 Å². The number of rotatable bonds is 3. The third kappa shape index (κ3) is 4.20. The highest BCUT2D eigenvalue weighted by atomic mass is 32.1. The lowest BCUT2D eigenvalue weighted by Gasteiger charge is -2.27. The minimum atomic E-state index is -0.614. The number of ether oxygens (including phenoxy) is 2. The molecule has 3 aromatic rings. The summed E-state index contributed by atoms with van der Waals surface area (Å²) in [5, 5.41) is 1.85. The molecule has 0 radical (unpaired) electrons. The summed E-state index contributed by atoms with van der Waals surface area (Å²) in [6.45, 7) is 7.94. The third-order valence-electron chi connectivity index (χ3n) is 4.65. The Kier molecular flexibility index (Phi) is 5.29. The van der Waals surface area contributed by atoms with Crippen LogP contribution < -0.4 is 16.1 Å². The molecule has 8 heteroatoms. The van der Waals surface area contributed by atoms with Crippen LogP contribution >= 0.6 is 11.3 Å². The van der Waals surface area contributed by atoms with Crippen molar-refractivity contribution in [3.8, 4) is 11.1 Å². The van der Waals surface area contributed by atoms with Gasteiger partial charge in [-0.25, -0.2) is 4.79 Å². The molecule has 1 aliphatic heterocycles. The third-order valence-corrected chi connectivity index (χ3v) is 5.63. The molecule has 0 unspecified atom stereocenters. The second kappa shape index (κ2) is 7.77. The Bertz CT molecular complexity index is 1150. The Morgan fingerprint density at radius 2 is 1.90 bits per heavy atom. The number of fused-ring (bicyclic) bond motifs is 1. The second-order valence-corrected chi connectivity index (χ2v) is 9.08. The Hall–Kier alpha value is -2.84. The number of anilines is 2. The minimum absolute atomic E-state index is 0.0924. The van der Waals surface area contributed by atoms with Crippen LogP contribution in [0.15, 0.2) is 38.9 Å². The highest BCUT2D eigenvalue weighted by Crippen LogP contribution is 2.36. The molecule has 0 bridgehead atoms. The van der Waals surface area contributed by atoms with Crippen molar-refractivity contribution in [3.05, 3.63) is 45.4 Å². The van der Waals surface area contributed by atoms with E-state index in [1.807, 2.05) is 31.1 Å². The van der Waals surface area contributed by atoms with Crippen LogP contribution in [0.5, 0.6) is 0 Å². The summed E-state index contributed by atoms with van der Waals surface area (Å²) < 4.78 is 17.5. The molecule has 1 aliphatic rings. The Morgan fingerprint density at radius 1 is 1.17 bits per heavy atom. The van der Waals surface area contributed by atoms with Gasteiger partial charge in [-0.15, -0.1) is 11.3 Å². The van der Waals surface area contributed by atoms with E-state index in [4.69, 9.17) is 19.6 Å². The monoisotopic (exact) mass is 428 g/mol. The summed E-state index contributed by atoms with van der Waals surface area (Å²) in [6.07, 6.45) is 0. The van der Waals surface area contributed by atoms with Crippen LogP contribution in [0.1, 0.15) is 31.1 Å². The number of hydrogen-bond acceptors (Lipinski definition) is 8. The van der Waals surface area contributed by atoms with Gasteiger partial charge in [-0.2, -0.15) is 0 Å². The van der Waals surface area contributed by atoms with E-state index in [-0.39, 0.29) is 5.43 Å². The predicted molar refractivity (Wildman–Crippen MR) is 118 cm³/mol. The average Bonchev–Trinajstić information content (AvgIpc) is 3.11. The molecule has 2 N–H and O–H groups in total. The standard InChI is InChI=1S/C22H24N2O5S/c1-22(2,3)29-21(26)14-8-13(9-15(23)10-14)16-12-30-20-17(25)11-18(28-19(16)20)24-4-6-27-7-5-24/h8-12H,4-7,23H2,1-3H3. The van der Waals surface area contributed by atoms with Crippen LogP contribution in [0, 0.1) is 0 Å². The zero-order valence-corrected chi connectivity index (χ0v) is 18.0. The highest BCUT2D eigenvalue weighted by Gasteiger charge is 2.21. The fourth-order valence-electron chi connectivity index (χ4n) is 3.33. The second-order valence-electron chi connectivity index (χ2n) is 8.20. The van der Waals surface area contributed by atoms with E-state index in [1.165, 1.54) is 17.4 Å². The lowest BCUT2D eigenvalue weighted by Crippen LogP contribution is -2.36. The lowest BCUT2D eigenvalue weighted by atomic mass is 10.0. The number of thiophene rings is 1. The van der Waals surface area contributed by atoms with E-state index >= 15 is 0 Å². The molecule has 3 heterocycles. The number of carbonyl (C=O) groups excluding carboxylic acids is 1. The average molecular weight is 429 g/mol. The number of nitrogens with two attached hydrogens (primary N) is 1. The number of nitrogens with zero attached hydrogens (tertiary/aromatic N) is 1. The van der Waals surface area contributed by atoms with Gasteiger partial charge in [0.1, 0.15) is 10.3 Å². The summed E-state index contributed by atoms with van der Waals surface area (Å²) in [5.74, 6) is 0.0674. The molecule has 1 aromatic carbocycles. The maximum atomic E-state index is 12.7. The fourth-order valence-corrected chi connectivity index (χ4v) is 4.24. The van der Waals surface area contributed by atoms with E-state index in [9.17, 15) is 9.59 Å². The summed E-state index contributed by atoms with van der Waals surface area (Å²) in [4.78, 5) is 27.2. The molecule has 2 aromatic heterocycles. The van der Waals surface area contributed by atoms with Gasteiger partial charge in [0.15, 0.2) is 11.5 Å². The zero-order valence-electron chi connectivity index (χ0n) is 17.2. The van der Waals surface area contributed by atoms with E-state index in [1.54, 1.807) is 18.2 Å². The van der Waals surface area contributed by atoms with Crippen molar-refractivity contribution >= 4 is 39.2 Å². The molecule has 1 fully saturated rings. The number of carbonyl (C=O) groups is 1. The lowest BCUT2D eigenvalue weighted by molar-refractivity contribution is 0.00696. The Morgan fingerprint density at radius 3 is 2.60 bits per heavy atom. The van der Waals surface area contributed by atoms with E-state index < -0.39 is 11.6 Å². The topological polar surface area (TPSA) is 95.0 Å². The minimum Gasteiger partial charge on any atom is -0.456 e. The largest absolute Gasteiger partial charge is 0.456 e. The van der Waals surface area contributed by atoms with Gasteiger partial charge in [0.25, 0.3) is 0 Å². The maximum Gasteiger partial charge on any atom is 0.338 e. The van der Waals surface area contributed by atoms with Crippen LogP contribution in [0.3, 0.4) is 0 Å². The molecule has 4 rings (SSSR count). The van der Waals surface area contributed by atoms with Gasteiger partial charge in [0.05, 0.1) is 18.8 Å². The van der Waals surface area contributed by atoms with E-state index in [2.05, 4.69) is 0 Å². The SMILES string of the molecule is CC(C)(C)OC(=O)c1cc(N)cc(-c2csc3c(=O)cc(N4CCOCC4)oc23)c1. The summed E-state index contributed by atoms with van der Waals surface area (Å²) in [6, 6.07) is 6.59. The number of esters is 1. The zero-order chi connectivity index (χ0) is 21.5. The van der Waals surface area contributed by atoms with Crippen LogP contribution in [-0.2, 0) is 9.47 Å². The van der Waals surface area contributed by atoms with Crippen molar-refractivity contribution in [2.75, 3.05) is 36.9 Å². The van der Waals surface area contributed by atoms with Crippen molar-refractivity contribution in [2.45, 2.75) is 26.4 Å². The number of hydrogen-bond donors (Lipinski definition) is 1. The number of morpholine rings is 1. The number of nitrogen functional groups attached to an aromatic ring is 1. The normalized spacial score (nSPS) is 14.8. The van der Waals surface area contributed by atoms with Crippen LogP contribution in [0.4, 0.5) is 11.6 Å². The Labute approximate surface area is 178 Å². The molecule has 7 nitrogen and oxygen atoms in total. The van der Waals surface area contributed by atoms with Crippen LogP contribution in [0.25, 0.3) is 21.4 Å². The first-order chi connectivity index (χ1) is 14.2. The molecule has 158 valence electrons. The molecular formula is C22H24N2O5S. The molecule has 0 saturated carbocycles. The first-order valence-corrected chi connectivity index (χ1v) is 10.6. The van der Waals surface area contributed by atoms with Gasteiger partial charge in [0, 0.05) is 35.8 Å². The van der Waals surface area contributed by atoms with E-state index in [0.29, 0.717) is 59.3 Å². The van der Waals surface area contributed by atoms with Gasteiger partial charge in [-0.3, -0.25) is 4.79 Å². The van der Waals surface area contributed by atoms with E-state index in [0.717, 1.165) is 5.56 Å². The van der Waals surface area contributed by atoms with Gasteiger partial charge in [0.2, 0.25) is 5.43 Å². The quantitative estimate of drug-likeness (QED) is 0.499. The number of benzene rings is 1. The molecule has 1 saturated heterocycles. The van der Waals surface area contributed by atoms with Crippen molar-refractivity contribution < 1.29 is 18.7 Å². The molecule has 0 atom stereocenters.